The summed E-state index contributed by atoms with van der Waals surface area (Å²) in [7, 11) is 1.88. The van der Waals surface area contributed by atoms with E-state index < -0.39 is 17.4 Å². The molecule has 5 N–H and O–H groups in total. The zero-order valence-corrected chi connectivity index (χ0v) is 17.9. The molecule has 7 nitrogen and oxygen atoms in total. The Morgan fingerprint density at radius 3 is 2.60 bits per heavy atom. The number of nitrogens with two attached hydrogens (primary N) is 2. The van der Waals surface area contributed by atoms with Crippen molar-refractivity contribution in [1.29, 1.82) is 0 Å². The highest BCUT2D eigenvalue weighted by molar-refractivity contribution is 5.93. The molecule has 0 spiro atoms. The van der Waals surface area contributed by atoms with Crippen molar-refractivity contribution in [3.63, 3.8) is 0 Å². The number of aromatic nitrogens is 1. The van der Waals surface area contributed by atoms with E-state index in [1.807, 2.05) is 43.1 Å². The molecule has 1 aromatic heterocycles. The van der Waals surface area contributed by atoms with Crippen molar-refractivity contribution in [3.05, 3.63) is 59.3 Å². The monoisotopic (exact) mass is 409 g/mol. The second-order valence-corrected chi connectivity index (χ2v) is 8.23. The largest absolute Gasteiger partial charge is 0.384 e. The minimum atomic E-state index is -1.04. The standard InChI is InChI=1S/C23H31N5O2/c1-15(21(29)26-14-19-9-10-20(24)27-16(19)2)23(22(25)30)13-18(11-12-28(23)3)17-7-5-4-6-8-17/h4-10,15,18H,11-14H2,1-3H3,(H2,24,27)(H2,25,30)(H,26,29)/t15-,18?,23?/m1/s1. The van der Waals surface area contributed by atoms with Gasteiger partial charge in [0, 0.05) is 12.2 Å². The van der Waals surface area contributed by atoms with Gasteiger partial charge in [0.2, 0.25) is 11.8 Å². The van der Waals surface area contributed by atoms with Crippen LogP contribution in [0.2, 0.25) is 0 Å². The molecule has 160 valence electrons. The van der Waals surface area contributed by atoms with Crippen LogP contribution in [0.15, 0.2) is 42.5 Å². The summed E-state index contributed by atoms with van der Waals surface area (Å²) in [4.78, 5) is 32.0. The number of benzene rings is 1. The van der Waals surface area contributed by atoms with Crippen LogP contribution in [0, 0.1) is 12.8 Å². The summed E-state index contributed by atoms with van der Waals surface area (Å²) in [6.45, 7) is 4.66. The molecule has 0 aliphatic carbocycles. The zero-order valence-electron chi connectivity index (χ0n) is 17.9. The number of nitrogens with one attached hydrogen (secondary N) is 1. The molecule has 0 saturated carbocycles. The van der Waals surface area contributed by atoms with E-state index in [9.17, 15) is 9.59 Å². The fourth-order valence-electron chi connectivity index (χ4n) is 4.55. The van der Waals surface area contributed by atoms with E-state index in [1.54, 1.807) is 13.0 Å². The average molecular weight is 410 g/mol. The third-order valence-corrected chi connectivity index (χ3v) is 6.53. The summed E-state index contributed by atoms with van der Waals surface area (Å²) in [6.07, 6.45) is 1.43. The molecule has 30 heavy (non-hydrogen) atoms. The third kappa shape index (κ3) is 4.16. The molecule has 1 aliphatic rings. The number of aryl methyl sites for hydroxylation is 1. The van der Waals surface area contributed by atoms with Gasteiger partial charge in [-0.05, 0) is 56.5 Å². The molecule has 1 aliphatic heterocycles. The van der Waals surface area contributed by atoms with Gasteiger partial charge in [-0.25, -0.2) is 4.98 Å². The van der Waals surface area contributed by atoms with Gasteiger partial charge < -0.3 is 16.8 Å². The van der Waals surface area contributed by atoms with E-state index in [-0.39, 0.29) is 11.8 Å². The van der Waals surface area contributed by atoms with E-state index >= 15 is 0 Å². The predicted molar refractivity (Wildman–Crippen MR) is 117 cm³/mol. The van der Waals surface area contributed by atoms with Crippen molar-refractivity contribution in [1.82, 2.24) is 15.2 Å². The molecule has 7 heteroatoms. The van der Waals surface area contributed by atoms with E-state index in [0.29, 0.717) is 25.3 Å². The van der Waals surface area contributed by atoms with Gasteiger partial charge in [-0.1, -0.05) is 43.3 Å². The summed E-state index contributed by atoms with van der Waals surface area (Å²) in [5.41, 5.74) is 13.4. The van der Waals surface area contributed by atoms with Crippen molar-refractivity contribution in [2.24, 2.45) is 11.7 Å². The number of likely N-dealkylation sites (tertiary alicyclic amines) is 1. The van der Waals surface area contributed by atoms with Crippen LogP contribution in [0.1, 0.15) is 42.5 Å². The third-order valence-electron chi connectivity index (χ3n) is 6.53. The molecule has 0 bridgehead atoms. The van der Waals surface area contributed by atoms with Crippen LogP contribution in [0.4, 0.5) is 5.82 Å². The Hall–Kier alpha value is -2.93. The van der Waals surface area contributed by atoms with Crippen molar-refractivity contribution < 1.29 is 9.59 Å². The maximum absolute atomic E-state index is 13.1. The topological polar surface area (TPSA) is 114 Å². The van der Waals surface area contributed by atoms with Crippen LogP contribution in [0.5, 0.6) is 0 Å². The van der Waals surface area contributed by atoms with Gasteiger partial charge in [0.25, 0.3) is 0 Å². The lowest BCUT2D eigenvalue weighted by molar-refractivity contribution is -0.145. The Balaban J connectivity index is 1.80. The first kappa shape index (κ1) is 21.8. The number of amides is 2. The molecule has 1 saturated heterocycles. The lowest BCUT2D eigenvalue weighted by Crippen LogP contribution is -2.65. The first-order chi connectivity index (χ1) is 14.3. The van der Waals surface area contributed by atoms with Crippen LogP contribution >= 0.6 is 0 Å². The number of primary amides is 1. The normalized spacial score (nSPS) is 23.0. The highest BCUT2D eigenvalue weighted by atomic mass is 16.2. The van der Waals surface area contributed by atoms with Crippen LogP contribution in [-0.2, 0) is 16.1 Å². The average Bonchev–Trinajstić information content (AvgIpc) is 2.73. The molecule has 1 aromatic carbocycles. The summed E-state index contributed by atoms with van der Waals surface area (Å²) in [6, 6.07) is 13.7. The Morgan fingerprint density at radius 2 is 1.97 bits per heavy atom. The van der Waals surface area contributed by atoms with Crippen molar-refractivity contribution in [2.45, 2.75) is 44.7 Å². The number of hydrogen-bond donors (Lipinski definition) is 3. The Labute approximate surface area is 177 Å². The Bertz CT molecular complexity index is 917. The summed E-state index contributed by atoms with van der Waals surface area (Å²) >= 11 is 0. The molecule has 2 amide bonds. The summed E-state index contributed by atoms with van der Waals surface area (Å²) < 4.78 is 0. The molecule has 3 rings (SSSR count). The number of carbonyl (C=O) groups excluding carboxylic acids is 2. The first-order valence-electron chi connectivity index (χ1n) is 10.3. The van der Waals surface area contributed by atoms with Gasteiger partial charge in [-0.2, -0.15) is 0 Å². The number of rotatable bonds is 6. The zero-order chi connectivity index (χ0) is 21.9. The number of piperidine rings is 1. The van der Waals surface area contributed by atoms with Gasteiger partial charge in [0.15, 0.2) is 0 Å². The Morgan fingerprint density at radius 1 is 1.27 bits per heavy atom. The molecule has 0 radical (unpaired) electrons. The van der Waals surface area contributed by atoms with Crippen molar-refractivity contribution in [3.8, 4) is 0 Å². The van der Waals surface area contributed by atoms with Gasteiger partial charge in [-0.15, -0.1) is 0 Å². The maximum atomic E-state index is 13.1. The fraction of sp³-hybridized carbons (Fsp3) is 0.435. The number of nitrogen functional groups attached to an aromatic ring is 1. The summed E-state index contributed by atoms with van der Waals surface area (Å²) in [5, 5.41) is 2.96. The molecule has 2 aromatic rings. The molecule has 1 fully saturated rings. The summed E-state index contributed by atoms with van der Waals surface area (Å²) in [5.74, 6) is -0.647. The van der Waals surface area contributed by atoms with Gasteiger partial charge in [-0.3, -0.25) is 14.5 Å². The number of nitrogens with zero attached hydrogens (tertiary/aromatic N) is 2. The van der Waals surface area contributed by atoms with Gasteiger partial charge >= 0.3 is 0 Å². The number of carbonyl (C=O) groups is 2. The first-order valence-corrected chi connectivity index (χ1v) is 10.3. The lowest BCUT2D eigenvalue weighted by Gasteiger charge is -2.48. The smallest absolute Gasteiger partial charge is 0.238 e. The molecular weight excluding hydrogens is 378 g/mol. The second-order valence-electron chi connectivity index (χ2n) is 8.23. The molecule has 3 atom stereocenters. The second kappa shape index (κ2) is 8.83. The highest BCUT2D eigenvalue weighted by Crippen LogP contribution is 2.41. The van der Waals surface area contributed by atoms with E-state index in [4.69, 9.17) is 11.5 Å². The van der Waals surface area contributed by atoms with Crippen molar-refractivity contribution >= 4 is 17.6 Å². The minimum absolute atomic E-state index is 0.175. The van der Waals surface area contributed by atoms with Gasteiger partial charge in [0.1, 0.15) is 11.4 Å². The van der Waals surface area contributed by atoms with Crippen LogP contribution in [-0.4, -0.2) is 40.8 Å². The molecule has 2 unspecified atom stereocenters. The SMILES string of the molecule is Cc1nc(N)ccc1CNC(=O)[C@@H](C)C1(C(N)=O)CC(c2ccccc2)CCN1C. The van der Waals surface area contributed by atoms with E-state index in [0.717, 1.165) is 17.7 Å². The molecule has 2 heterocycles. The minimum Gasteiger partial charge on any atom is -0.384 e. The lowest BCUT2D eigenvalue weighted by atomic mass is 9.70. The quantitative estimate of drug-likeness (QED) is 0.675. The Kier molecular flexibility index (Phi) is 6.41. The highest BCUT2D eigenvalue weighted by Gasteiger charge is 2.52. The fourth-order valence-corrected chi connectivity index (χ4v) is 4.55. The predicted octanol–water partition coefficient (Wildman–Crippen LogP) is 1.96. The molecular formula is C23H31N5O2. The van der Waals surface area contributed by atoms with Crippen molar-refractivity contribution in [2.75, 3.05) is 19.3 Å². The van der Waals surface area contributed by atoms with E-state index in [1.165, 1.54) is 5.56 Å². The maximum Gasteiger partial charge on any atom is 0.238 e. The van der Waals surface area contributed by atoms with Crippen LogP contribution in [0.25, 0.3) is 0 Å². The van der Waals surface area contributed by atoms with E-state index in [2.05, 4.69) is 22.4 Å². The number of anilines is 1. The number of hydrogen-bond acceptors (Lipinski definition) is 5. The van der Waals surface area contributed by atoms with Crippen LogP contribution in [0.3, 0.4) is 0 Å². The van der Waals surface area contributed by atoms with Crippen LogP contribution < -0.4 is 16.8 Å². The van der Waals surface area contributed by atoms with Gasteiger partial charge in [0.05, 0.1) is 5.92 Å². The number of likely N-dealkylation sites (N-methyl/N-ethyl adjacent to an activating group) is 1. The number of pyridine rings is 1.